The maximum Gasteiger partial charge on any atom is 0.259 e. The van der Waals surface area contributed by atoms with E-state index >= 15 is 0 Å². The van der Waals surface area contributed by atoms with E-state index in [1.807, 2.05) is 72.8 Å². The number of aromatic nitrogens is 3. The summed E-state index contributed by atoms with van der Waals surface area (Å²) >= 11 is 0. The first-order chi connectivity index (χ1) is 14.3. The Morgan fingerprint density at radius 2 is 1.52 bits per heavy atom. The lowest BCUT2D eigenvalue weighted by molar-refractivity contribution is 0.102. The minimum absolute atomic E-state index is 0.291. The van der Waals surface area contributed by atoms with Gasteiger partial charge < -0.3 is 4.52 Å². The van der Waals surface area contributed by atoms with E-state index in [2.05, 4.69) is 15.6 Å². The van der Waals surface area contributed by atoms with Gasteiger partial charge in [0.2, 0.25) is 5.88 Å². The summed E-state index contributed by atoms with van der Waals surface area (Å²) in [6, 6.07) is 26.9. The summed E-state index contributed by atoms with van der Waals surface area (Å²) < 4.78 is 6.96. The Labute approximate surface area is 166 Å². The molecule has 0 unspecified atom stereocenters. The average molecular weight is 380 g/mol. The van der Waals surface area contributed by atoms with E-state index < -0.39 is 0 Å². The molecule has 29 heavy (non-hydrogen) atoms. The summed E-state index contributed by atoms with van der Waals surface area (Å²) in [5.74, 6) is -0.00110. The molecule has 3 aromatic heterocycles. The second-order valence-electron chi connectivity index (χ2n) is 6.58. The third kappa shape index (κ3) is 3.39. The number of pyridine rings is 1. The fourth-order valence-electron chi connectivity index (χ4n) is 3.13. The second-order valence-corrected chi connectivity index (χ2v) is 6.58. The van der Waals surface area contributed by atoms with E-state index in [0.717, 1.165) is 22.3 Å². The quantitative estimate of drug-likeness (QED) is 0.481. The molecule has 0 aliphatic carbocycles. The van der Waals surface area contributed by atoms with Crippen LogP contribution >= 0.6 is 0 Å². The SMILES string of the molecule is O=C(Nc1cc(-c2ccccc2)no1)c1ccc2cc(-c3ccccc3)nn2c1. The third-order valence-electron chi connectivity index (χ3n) is 4.61. The van der Waals surface area contributed by atoms with Crippen LogP contribution in [0.5, 0.6) is 0 Å². The fraction of sp³-hybridized carbons (Fsp3) is 0. The summed E-state index contributed by atoms with van der Waals surface area (Å²) in [4.78, 5) is 12.6. The molecular weight excluding hydrogens is 364 g/mol. The Balaban J connectivity index is 1.38. The van der Waals surface area contributed by atoms with Gasteiger partial charge in [0.1, 0.15) is 5.69 Å². The van der Waals surface area contributed by atoms with Crippen LogP contribution in [0.1, 0.15) is 10.4 Å². The standard InChI is InChI=1S/C23H16N4O2/c28-23(24-22-14-21(26-29-22)17-9-5-2-6-10-17)18-11-12-19-13-20(25-27(19)15-18)16-7-3-1-4-8-16/h1-15H,(H,24,28). The topological polar surface area (TPSA) is 72.4 Å². The number of carbonyl (C=O) groups is 1. The Kier molecular flexibility index (Phi) is 4.14. The molecule has 0 fully saturated rings. The van der Waals surface area contributed by atoms with Crippen molar-refractivity contribution in [2.75, 3.05) is 5.32 Å². The van der Waals surface area contributed by atoms with Gasteiger partial charge in [0.25, 0.3) is 5.91 Å². The zero-order chi connectivity index (χ0) is 19.6. The van der Waals surface area contributed by atoms with Crippen molar-refractivity contribution >= 4 is 17.3 Å². The molecule has 1 N–H and O–H groups in total. The molecule has 6 nitrogen and oxygen atoms in total. The molecule has 140 valence electrons. The lowest BCUT2D eigenvalue weighted by atomic mass is 10.1. The number of fused-ring (bicyclic) bond motifs is 1. The summed E-state index contributed by atoms with van der Waals surface area (Å²) in [5.41, 5.74) is 4.84. The Morgan fingerprint density at radius 1 is 0.828 bits per heavy atom. The number of rotatable bonds is 4. The van der Waals surface area contributed by atoms with Crippen molar-refractivity contribution in [3.05, 3.63) is 96.7 Å². The Bertz CT molecular complexity index is 1290. The Hall–Kier alpha value is -4.19. The number of hydrogen-bond donors (Lipinski definition) is 1. The Morgan fingerprint density at radius 3 is 2.24 bits per heavy atom. The van der Waals surface area contributed by atoms with Crippen LogP contribution in [0.2, 0.25) is 0 Å². The number of nitrogens with one attached hydrogen (secondary N) is 1. The van der Waals surface area contributed by atoms with Gasteiger partial charge in [-0.25, -0.2) is 4.52 Å². The number of carbonyl (C=O) groups excluding carboxylic acids is 1. The van der Waals surface area contributed by atoms with Gasteiger partial charge >= 0.3 is 0 Å². The molecule has 0 atom stereocenters. The average Bonchev–Trinajstić information content (AvgIpc) is 3.41. The van der Waals surface area contributed by atoms with Crippen molar-refractivity contribution in [2.24, 2.45) is 0 Å². The van der Waals surface area contributed by atoms with Crippen LogP contribution in [0.25, 0.3) is 28.0 Å². The van der Waals surface area contributed by atoms with Crippen molar-refractivity contribution in [3.8, 4) is 22.5 Å². The summed E-state index contributed by atoms with van der Waals surface area (Å²) in [5, 5.41) is 11.3. The van der Waals surface area contributed by atoms with Crippen molar-refractivity contribution in [3.63, 3.8) is 0 Å². The highest BCUT2D eigenvalue weighted by molar-refractivity contribution is 6.03. The van der Waals surface area contributed by atoms with E-state index in [1.54, 1.807) is 22.8 Å². The number of nitrogens with zero attached hydrogens (tertiary/aromatic N) is 3. The molecule has 0 aliphatic heterocycles. The van der Waals surface area contributed by atoms with Gasteiger partial charge in [-0.1, -0.05) is 65.8 Å². The highest BCUT2D eigenvalue weighted by atomic mass is 16.5. The molecule has 0 saturated carbocycles. The molecule has 0 aliphatic rings. The van der Waals surface area contributed by atoms with E-state index in [-0.39, 0.29) is 5.91 Å². The minimum atomic E-state index is -0.292. The number of anilines is 1. The molecule has 0 saturated heterocycles. The van der Waals surface area contributed by atoms with E-state index in [0.29, 0.717) is 17.1 Å². The minimum Gasteiger partial charge on any atom is -0.338 e. The van der Waals surface area contributed by atoms with E-state index in [4.69, 9.17) is 4.52 Å². The maximum atomic E-state index is 12.6. The zero-order valence-corrected chi connectivity index (χ0v) is 15.3. The van der Waals surface area contributed by atoms with Gasteiger partial charge in [-0.2, -0.15) is 5.10 Å². The second kappa shape index (κ2) is 7.09. The fourth-order valence-corrected chi connectivity index (χ4v) is 3.13. The number of hydrogen-bond acceptors (Lipinski definition) is 4. The van der Waals surface area contributed by atoms with Gasteiger partial charge in [-0.05, 0) is 18.2 Å². The zero-order valence-electron chi connectivity index (χ0n) is 15.3. The van der Waals surface area contributed by atoms with E-state index in [9.17, 15) is 4.79 Å². The van der Waals surface area contributed by atoms with Gasteiger partial charge in [0.05, 0.1) is 16.8 Å². The van der Waals surface area contributed by atoms with Crippen LogP contribution in [0.3, 0.4) is 0 Å². The van der Waals surface area contributed by atoms with Gasteiger partial charge in [0, 0.05) is 23.4 Å². The summed E-state index contributed by atoms with van der Waals surface area (Å²) in [7, 11) is 0. The third-order valence-corrected chi connectivity index (χ3v) is 4.61. The van der Waals surface area contributed by atoms with Gasteiger partial charge in [-0.15, -0.1) is 0 Å². The van der Waals surface area contributed by atoms with Crippen molar-refractivity contribution in [1.82, 2.24) is 14.8 Å². The lowest BCUT2D eigenvalue weighted by Gasteiger charge is -2.01. The molecule has 0 spiro atoms. The van der Waals surface area contributed by atoms with Crippen molar-refractivity contribution < 1.29 is 9.32 Å². The van der Waals surface area contributed by atoms with Crippen LogP contribution in [-0.4, -0.2) is 20.7 Å². The van der Waals surface area contributed by atoms with Crippen LogP contribution in [0, 0.1) is 0 Å². The molecule has 3 heterocycles. The molecule has 5 rings (SSSR count). The molecule has 1 amide bonds. The van der Waals surface area contributed by atoms with Crippen LogP contribution in [-0.2, 0) is 0 Å². The molecule has 0 bridgehead atoms. The monoisotopic (exact) mass is 380 g/mol. The summed E-state index contributed by atoms with van der Waals surface area (Å²) in [6.07, 6.45) is 1.70. The smallest absolute Gasteiger partial charge is 0.259 e. The molecule has 6 heteroatoms. The largest absolute Gasteiger partial charge is 0.338 e. The van der Waals surface area contributed by atoms with Crippen LogP contribution in [0.4, 0.5) is 5.88 Å². The first kappa shape index (κ1) is 16.9. The first-order valence-electron chi connectivity index (χ1n) is 9.15. The van der Waals surface area contributed by atoms with Crippen molar-refractivity contribution in [1.29, 1.82) is 0 Å². The molecule has 5 aromatic rings. The lowest BCUT2D eigenvalue weighted by Crippen LogP contribution is -2.12. The predicted octanol–water partition coefficient (Wildman–Crippen LogP) is 4.91. The molecule has 2 aromatic carbocycles. The van der Waals surface area contributed by atoms with E-state index in [1.165, 1.54) is 0 Å². The maximum absolute atomic E-state index is 12.6. The number of benzene rings is 2. The normalized spacial score (nSPS) is 10.9. The van der Waals surface area contributed by atoms with Gasteiger partial charge in [0.15, 0.2) is 0 Å². The van der Waals surface area contributed by atoms with Gasteiger partial charge in [-0.3, -0.25) is 10.1 Å². The molecule has 0 radical (unpaired) electrons. The highest BCUT2D eigenvalue weighted by Gasteiger charge is 2.13. The van der Waals surface area contributed by atoms with Crippen molar-refractivity contribution in [2.45, 2.75) is 0 Å². The first-order valence-corrected chi connectivity index (χ1v) is 9.15. The summed E-state index contributed by atoms with van der Waals surface area (Å²) in [6.45, 7) is 0. The van der Waals surface area contributed by atoms with Crippen LogP contribution < -0.4 is 5.32 Å². The molecular formula is C23H16N4O2. The number of amides is 1. The highest BCUT2D eigenvalue weighted by Crippen LogP contribution is 2.22. The van der Waals surface area contributed by atoms with Crippen LogP contribution in [0.15, 0.2) is 95.6 Å². The predicted molar refractivity (Wildman–Crippen MR) is 111 cm³/mol.